The Balaban J connectivity index is 1.98. The molecular weight excluding hydrogens is 290 g/mol. The van der Waals surface area contributed by atoms with Crippen LogP contribution in [0.3, 0.4) is 0 Å². The van der Waals surface area contributed by atoms with Crippen molar-refractivity contribution in [1.29, 1.82) is 0 Å². The lowest BCUT2D eigenvalue weighted by Crippen LogP contribution is -2.32. The van der Waals surface area contributed by atoms with Crippen molar-refractivity contribution in [3.05, 3.63) is 33.8 Å². The zero-order valence-corrected chi connectivity index (χ0v) is 12.8. The van der Waals surface area contributed by atoms with E-state index in [1.54, 1.807) is 0 Å². The van der Waals surface area contributed by atoms with Gasteiger partial charge in [0, 0.05) is 16.6 Å². The molecular formula is C15H20BrNO. The first kappa shape index (κ1) is 13.6. The van der Waals surface area contributed by atoms with E-state index in [1.807, 2.05) is 25.1 Å². The van der Waals surface area contributed by atoms with Gasteiger partial charge in [0.2, 0.25) is 0 Å². The summed E-state index contributed by atoms with van der Waals surface area (Å²) in [7, 11) is 0. The van der Waals surface area contributed by atoms with Crippen LogP contribution in [-0.2, 0) is 0 Å². The normalized spacial score (nSPS) is 16.7. The predicted molar refractivity (Wildman–Crippen MR) is 77.7 cm³/mol. The summed E-state index contributed by atoms with van der Waals surface area (Å²) < 4.78 is 0.986. The zero-order chi connectivity index (χ0) is 13.3. The Bertz CT molecular complexity index is 464. The molecule has 0 spiro atoms. The average Bonchev–Trinajstić information content (AvgIpc) is 3.11. The van der Waals surface area contributed by atoms with Gasteiger partial charge in [-0.3, -0.25) is 4.79 Å². The van der Waals surface area contributed by atoms with Gasteiger partial charge in [0.15, 0.2) is 0 Å². The molecule has 1 fully saturated rings. The second-order valence-electron chi connectivity index (χ2n) is 5.66. The van der Waals surface area contributed by atoms with Crippen LogP contribution >= 0.6 is 15.9 Å². The lowest BCUT2D eigenvalue weighted by Gasteiger charge is -2.20. The van der Waals surface area contributed by atoms with Gasteiger partial charge < -0.3 is 5.32 Å². The SMILES string of the molecule is Cc1ccc(C(=O)NCC2(C(C)C)CC2)cc1Br. The van der Waals surface area contributed by atoms with Crippen LogP contribution in [0.4, 0.5) is 0 Å². The summed E-state index contributed by atoms with van der Waals surface area (Å²) in [5.41, 5.74) is 2.23. The molecule has 3 heteroatoms. The summed E-state index contributed by atoms with van der Waals surface area (Å²) >= 11 is 3.46. The van der Waals surface area contributed by atoms with Crippen molar-refractivity contribution in [2.75, 3.05) is 6.54 Å². The van der Waals surface area contributed by atoms with E-state index in [0.29, 0.717) is 11.3 Å². The van der Waals surface area contributed by atoms with Gasteiger partial charge in [-0.2, -0.15) is 0 Å². The van der Waals surface area contributed by atoms with E-state index in [2.05, 4.69) is 35.1 Å². The van der Waals surface area contributed by atoms with Gasteiger partial charge in [-0.05, 0) is 48.8 Å². The molecule has 2 rings (SSSR count). The maximum atomic E-state index is 12.1. The van der Waals surface area contributed by atoms with Crippen LogP contribution in [0, 0.1) is 18.3 Å². The molecule has 0 heterocycles. The van der Waals surface area contributed by atoms with Crippen LogP contribution < -0.4 is 5.32 Å². The minimum atomic E-state index is 0.0302. The first-order valence-corrected chi connectivity index (χ1v) is 7.28. The van der Waals surface area contributed by atoms with E-state index < -0.39 is 0 Å². The summed E-state index contributed by atoms with van der Waals surface area (Å²) in [5, 5.41) is 3.07. The summed E-state index contributed by atoms with van der Waals surface area (Å²) in [4.78, 5) is 12.1. The van der Waals surface area contributed by atoms with Crippen LogP contribution in [0.15, 0.2) is 22.7 Å². The maximum Gasteiger partial charge on any atom is 0.251 e. The lowest BCUT2D eigenvalue weighted by atomic mass is 9.92. The number of carbonyl (C=O) groups is 1. The standard InChI is InChI=1S/C15H20BrNO/c1-10(2)15(6-7-15)9-17-14(18)12-5-4-11(3)13(16)8-12/h4-5,8,10H,6-7,9H2,1-3H3,(H,17,18). The Morgan fingerprint density at radius 1 is 1.44 bits per heavy atom. The molecule has 1 amide bonds. The van der Waals surface area contributed by atoms with Gasteiger partial charge in [-0.15, -0.1) is 0 Å². The largest absolute Gasteiger partial charge is 0.351 e. The Morgan fingerprint density at radius 3 is 2.61 bits per heavy atom. The Labute approximate surface area is 117 Å². The highest BCUT2D eigenvalue weighted by molar-refractivity contribution is 9.10. The van der Waals surface area contributed by atoms with Gasteiger partial charge >= 0.3 is 0 Å². The molecule has 1 saturated carbocycles. The molecule has 0 aliphatic heterocycles. The summed E-state index contributed by atoms with van der Waals surface area (Å²) in [6.45, 7) is 7.29. The third-order valence-corrected chi connectivity index (χ3v) is 5.01. The summed E-state index contributed by atoms with van der Waals surface area (Å²) in [5.74, 6) is 0.671. The highest BCUT2D eigenvalue weighted by atomic mass is 79.9. The number of aryl methyl sites for hydroxylation is 1. The van der Waals surface area contributed by atoms with E-state index in [9.17, 15) is 4.79 Å². The Kier molecular flexibility index (Phi) is 3.81. The minimum Gasteiger partial charge on any atom is -0.351 e. The first-order valence-electron chi connectivity index (χ1n) is 6.49. The van der Waals surface area contributed by atoms with Crippen molar-refractivity contribution in [2.24, 2.45) is 11.3 Å². The monoisotopic (exact) mass is 309 g/mol. The van der Waals surface area contributed by atoms with E-state index >= 15 is 0 Å². The molecule has 0 aromatic heterocycles. The van der Waals surface area contributed by atoms with Gasteiger partial charge in [0.25, 0.3) is 5.91 Å². The zero-order valence-electron chi connectivity index (χ0n) is 11.2. The fourth-order valence-corrected chi connectivity index (χ4v) is 2.59. The second kappa shape index (κ2) is 5.04. The van der Waals surface area contributed by atoms with E-state index in [-0.39, 0.29) is 5.91 Å². The molecule has 1 aromatic rings. The van der Waals surface area contributed by atoms with Crippen molar-refractivity contribution in [1.82, 2.24) is 5.32 Å². The fraction of sp³-hybridized carbons (Fsp3) is 0.533. The molecule has 1 aromatic carbocycles. The number of amides is 1. The van der Waals surface area contributed by atoms with E-state index in [1.165, 1.54) is 12.8 Å². The number of hydrogen-bond acceptors (Lipinski definition) is 1. The van der Waals surface area contributed by atoms with Crippen molar-refractivity contribution < 1.29 is 4.79 Å². The van der Waals surface area contributed by atoms with Crippen molar-refractivity contribution in [3.8, 4) is 0 Å². The highest BCUT2D eigenvalue weighted by Crippen LogP contribution is 2.51. The van der Waals surface area contributed by atoms with Crippen LogP contribution in [0.25, 0.3) is 0 Å². The molecule has 0 saturated heterocycles. The average molecular weight is 310 g/mol. The topological polar surface area (TPSA) is 29.1 Å². The number of benzene rings is 1. The number of rotatable bonds is 4. The van der Waals surface area contributed by atoms with E-state index in [4.69, 9.17) is 0 Å². The Morgan fingerprint density at radius 2 is 2.11 bits per heavy atom. The minimum absolute atomic E-state index is 0.0302. The molecule has 0 radical (unpaired) electrons. The fourth-order valence-electron chi connectivity index (χ4n) is 2.21. The number of nitrogens with one attached hydrogen (secondary N) is 1. The molecule has 1 aliphatic carbocycles. The van der Waals surface area contributed by atoms with Crippen LogP contribution in [0.1, 0.15) is 42.6 Å². The smallest absolute Gasteiger partial charge is 0.251 e. The third kappa shape index (κ3) is 2.77. The van der Waals surface area contributed by atoms with Gasteiger partial charge in [0.1, 0.15) is 0 Å². The quantitative estimate of drug-likeness (QED) is 0.897. The maximum absolute atomic E-state index is 12.1. The van der Waals surface area contributed by atoms with Crippen LogP contribution in [-0.4, -0.2) is 12.5 Å². The Hall–Kier alpha value is -0.830. The molecule has 18 heavy (non-hydrogen) atoms. The second-order valence-corrected chi connectivity index (χ2v) is 6.52. The molecule has 2 nitrogen and oxygen atoms in total. The molecule has 98 valence electrons. The number of halogens is 1. The van der Waals surface area contributed by atoms with Crippen LogP contribution in [0.5, 0.6) is 0 Å². The first-order chi connectivity index (χ1) is 8.44. The van der Waals surface area contributed by atoms with Crippen molar-refractivity contribution >= 4 is 21.8 Å². The molecule has 1 N–H and O–H groups in total. The van der Waals surface area contributed by atoms with Gasteiger partial charge in [-0.25, -0.2) is 0 Å². The van der Waals surface area contributed by atoms with Crippen LogP contribution in [0.2, 0.25) is 0 Å². The molecule has 0 atom stereocenters. The summed E-state index contributed by atoms with van der Waals surface area (Å²) in [6.07, 6.45) is 2.48. The third-order valence-electron chi connectivity index (χ3n) is 4.15. The lowest BCUT2D eigenvalue weighted by molar-refractivity contribution is 0.0939. The van der Waals surface area contributed by atoms with Crippen molar-refractivity contribution in [2.45, 2.75) is 33.6 Å². The van der Waals surface area contributed by atoms with Gasteiger partial charge in [-0.1, -0.05) is 35.8 Å². The van der Waals surface area contributed by atoms with Crippen molar-refractivity contribution in [3.63, 3.8) is 0 Å². The van der Waals surface area contributed by atoms with E-state index in [0.717, 1.165) is 22.1 Å². The predicted octanol–water partition coefficient (Wildman–Crippen LogP) is 3.92. The molecule has 0 unspecified atom stereocenters. The number of hydrogen-bond donors (Lipinski definition) is 1. The van der Waals surface area contributed by atoms with Gasteiger partial charge in [0.05, 0.1) is 0 Å². The molecule has 1 aliphatic rings. The summed E-state index contributed by atoms with van der Waals surface area (Å²) in [6, 6.07) is 5.73. The highest BCUT2D eigenvalue weighted by Gasteiger charge is 2.45. The molecule has 0 bridgehead atoms. The number of carbonyl (C=O) groups excluding carboxylic acids is 1.